The zero-order valence-electron chi connectivity index (χ0n) is 11.3. The molecule has 0 amide bonds. The van der Waals surface area contributed by atoms with Gasteiger partial charge in [0.15, 0.2) is 0 Å². The SMILES string of the molecule is CC(C)CC(C)NC(C)Cc1cccc(F)c1. The zero-order chi connectivity index (χ0) is 12.8. The summed E-state index contributed by atoms with van der Waals surface area (Å²) in [5.74, 6) is 0.559. The van der Waals surface area contributed by atoms with Crippen LogP contribution in [0.4, 0.5) is 4.39 Å². The van der Waals surface area contributed by atoms with Gasteiger partial charge in [-0.1, -0.05) is 26.0 Å². The van der Waals surface area contributed by atoms with Crippen molar-refractivity contribution in [2.75, 3.05) is 0 Å². The minimum absolute atomic E-state index is 0.148. The Morgan fingerprint density at radius 1 is 1.12 bits per heavy atom. The first-order valence-corrected chi connectivity index (χ1v) is 6.48. The number of nitrogens with one attached hydrogen (secondary N) is 1. The summed E-state index contributed by atoms with van der Waals surface area (Å²) >= 11 is 0. The van der Waals surface area contributed by atoms with Crippen molar-refractivity contribution in [2.24, 2.45) is 5.92 Å². The molecule has 1 rings (SSSR count). The Bertz CT molecular complexity index is 335. The van der Waals surface area contributed by atoms with Gasteiger partial charge >= 0.3 is 0 Å². The molecule has 0 saturated heterocycles. The van der Waals surface area contributed by atoms with Gasteiger partial charge in [0.25, 0.3) is 0 Å². The highest BCUT2D eigenvalue weighted by Gasteiger charge is 2.09. The highest BCUT2D eigenvalue weighted by Crippen LogP contribution is 2.09. The molecule has 1 aromatic carbocycles. The van der Waals surface area contributed by atoms with E-state index in [1.807, 2.05) is 6.07 Å². The van der Waals surface area contributed by atoms with Crippen LogP contribution in [0.1, 0.15) is 39.7 Å². The Morgan fingerprint density at radius 3 is 2.41 bits per heavy atom. The Hall–Kier alpha value is -0.890. The van der Waals surface area contributed by atoms with Crippen molar-refractivity contribution < 1.29 is 4.39 Å². The second-order valence-electron chi connectivity index (χ2n) is 5.43. The van der Waals surface area contributed by atoms with E-state index in [1.165, 1.54) is 12.5 Å². The van der Waals surface area contributed by atoms with E-state index in [4.69, 9.17) is 0 Å². The van der Waals surface area contributed by atoms with Crippen LogP contribution in [-0.2, 0) is 6.42 Å². The molecule has 2 heteroatoms. The minimum atomic E-state index is -0.148. The Morgan fingerprint density at radius 2 is 1.82 bits per heavy atom. The number of halogens is 1. The molecule has 1 nitrogen and oxygen atoms in total. The van der Waals surface area contributed by atoms with Crippen molar-refractivity contribution in [2.45, 2.75) is 52.6 Å². The highest BCUT2D eigenvalue weighted by atomic mass is 19.1. The topological polar surface area (TPSA) is 12.0 Å². The van der Waals surface area contributed by atoms with Crippen molar-refractivity contribution >= 4 is 0 Å². The van der Waals surface area contributed by atoms with E-state index in [1.54, 1.807) is 12.1 Å². The van der Waals surface area contributed by atoms with Crippen LogP contribution in [-0.4, -0.2) is 12.1 Å². The van der Waals surface area contributed by atoms with E-state index in [2.05, 4.69) is 33.0 Å². The lowest BCUT2D eigenvalue weighted by Crippen LogP contribution is -2.36. The van der Waals surface area contributed by atoms with Gasteiger partial charge in [-0.15, -0.1) is 0 Å². The Labute approximate surface area is 104 Å². The molecule has 2 unspecified atom stereocenters. The van der Waals surface area contributed by atoms with Crippen molar-refractivity contribution in [1.29, 1.82) is 0 Å². The second kappa shape index (κ2) is 6.75. The molecule has 0 aliphatic carbocycles. The lowest BCUT2D eigenvalue weighted by Gasteiger charge is -2.21. The molecule has 2 atom stereocenters. The van der Waals surface area contributed by atoms with E-state index in [9.17, 15) is 4.39 Å². The van der Waals surface area contributed by atoms with Crippen LogP contribution >= 0.6 is 0 Å². The fourth-order valence-corrected chi connectivity index (χ4v) is 2.34. The van der Waals surface area contributed by atoms with E-state index >= 15 is 0 Å². The predicted octanol–water partition coefficient (Wildman–Crippen LogP) is 3.78. The molecule has 17 heavy (non-hydrogen) atoms. The van der Waals surface area contributed by atoms with Gasteiger partial charge in [0.1, 0.15) is 5.82 Å². The molecule has 0 saturated carbocycles. The highest BCUT2D eigenvalue weighted by molar-refractivity contribution is 5.17. The third-order valence-corrected chi connectivity index (χ3v) is 2.82. The van der Waals surface area contributed by atoms with Crippen LogP contribution in [0.3, 0.4) is 0 Å². The van der Waals surface area contributed by atoms with Gasteiger partial charge in [0, 0.05) is 12.1 Å². The summed E-state index contributed by atoms with van der Waals surface area (Å²) in [5.41, 5.74) is 1.06. The standard InChI is InChI=1S/C15H24FN/c1-11(2)8-12(3)17-13(4)9-14-6-5-7-15(16)10-14/h5-7,10-13,17H,8-9H2,1-4H3. The maximum atomic E-state index is 13.0. The van der Waals surface area contributed by atoms with Crippen LogP contribution < -0.4 is 5.32 Å². The van der Waals surface area contributed by atoms with Crippen molar-refractivity contribution in [3.63, 3.8) is 0 Å². The quantitative estimate of drug-likeness (QED) is 0.794. The van der Waals surface area contributed by atoms with Crippen molar-refractivity contribution in [3.8, 4) is 0 Å². The molecule has 96 valence electrons. The molecular formula is C15H24FN. The normalized spacial score (nSPS) is 14.9. The van der Waals surface area contributed by atoms with Gasteiger partial charge in [-0.25, -0.2) is 4.39 Å². The molecule has 0 aromatic heterocycles. The molecule has 0 spiro atoms. The summed E-state index contributed by atoms with van der Waals surface area (Å²) in [6.07, 6.45) is 2.05. The lowest BCUT2D eigenvalue weighted by molar-refractivity contribution is 0.400. The van der Waals surface area contributed by atoms with E-state index in [0.29, 0.717) is 18.0 Å². The summed E-state index contributed by atoms with van der Waals surface area (Å²) in [6, 6.07) is 7.75. The molecule has 0 aliphatic heterocycles. The first kappa shape index (κ1) is 14.2. The minimum Gasteiger partial charge on any atom is -0.311 e. The van der Waals surface area contributed by atoms with Crippen LogP contribution in [0.25, 0.3) is 0 Å². The summed E-state index contributed by atoms with van der Waals surface area (Å²) in [4.78, 5) is 0. The van der Waals surface area contributed by atoms with E-state index < -0.39 is 0 Å². The van der Waals surface area contributed by atoms with Gasteiger partial charge in [0.05, 0.1) is 0 Å². The summed E-state index contributed by atoms with van der Waals surface area (Å²) in [5, 5.41) is 3.56. The molecule has 0 heterocycles. The molecule has 1 aromatic rings. The molecular weight excluding hydrogens is 213 g/mol. The van der Waals surface area contributed by atoms with Crippen LogP contribution in [0.2, 0.25) is 0 Å². The Balaban J connectivity index is 2.41. The first-order valence-electron chi connectivity index (χ1n) is 6.48. The van der Waals surface area contributed by atoms with Gasteiger partial charge in [-0.2, -0.15) is 0 Å². The van der Waals surface area contributed by atoms with Gasteiger partial charge in [0.2, 0.25) is 0 Å². The molecule has 0 radical (unpaired) electrons. The lowest BCUT2D eigenvalue weighted by atomic mass is 10.0. The third-order valence-electron chi connectivity index (χ3n) is 2.82. The molecule has 1 N–H and O–H groups in total. The fourth-order valence-electron chi connectivity index (χ4n) is 2.34. The summed E-state index contributed by atoms with van der Waals surface area (Å²) in [6.45, 7) is 8.83. The van der Waals surface area contributed by atoms with Crippen LogP contribution in [0, 0.1) is 11.7 Å². The zero-order valence-corrected chi connectivity index (χ0v) is 11.3. The first-order chi connectivity index (χ1) is 7.97. The molecule has 0 aliphatic rings. The monoisotopic (exact) mass is 237 g/mol. The van der Waals surface area contributed by atoms with Crippen LogP contribution in [0.5, 0.6) is 0 Å². The number of hydrogen-bond acceptors (Lipinski definition) is 1. The number of benzene rings is 1. The Kier molecular flexibility index (Phi) is 5.63. The second-order valence-corrected chi connectivity index (χ2v) is 5.43. The van der Waals surface area contributed by atoms with E-state index in [-0.39, 0.29) is 5.82 Å². The van der Waals surface area contributed by atoms with Crippen molar-refractivity contribution in [1.82, 2.24) is 5.32 Å². The fraction of sp³-hybridized carbons (Fsp3) is 0.600. The summed E-state index contributed by atoms with van der Waals surface area (Å²) < 4.78 is 13.0. The molecule has 0 fully saturated rings. The average Bonchev–Trinajstić information content (AvgIpc) is 2.14. The van der Waals surface area contributed by atoms with Crippen molar-refractivity contribution in [3.05, 3.63) is 35.6 Å². The van der Waals surface area contributed by atoms with Gasteiger partial charge in [-0.05, 0) is 50.3 Å². The smallest absolute Gasteiger partial charge is 0.123 e. The van der Waals surface area contributed by atoms with Crippen LogP contribution in [0.15, 0.2) is 24.3 Å². The summed E-state index contributed by atoms with van der Waals surface area (Å²) in [7, 11) is 0. The average molecular weight is 237 g/mol. The number of hydrogen-bond donors (Lipinski definition) is 1. The maximum Gasteiger partial charge on any atom is 0.123 e. The van der Waals surface area contributed by atoms with Gasteiger partial charge in [-0.3, -0.25) is 0 Å². The number of rotatable bonds is 6. The maximum absolute atomic E-state index is 13.0. The molecule has 0 bridgehead atoms. The predicted molar refractivity (Wildman–Crippen MR) is 71.6 cm³/mol. The largest absolute Gasteiger partial charge is 0.311 e. The van der Waals surface area contributed by atoms with Gasteiger partial charge < -0.3 is 5.32 Å². The third kappa shape index (κ3) is 5.83. The van der Waals surface area contributed by atoms with E-state index in [0.717, 1.165) is 12.0 Å².